The van der Waals surface area contributed by atoms with Gasteiger partial charge in [-0.1, -0.05) is 0 Å². The highest BCUT2D eigenvalue weighted by Crippen LogP contribution is 1.92. The van der Waals surface area contributed by atoms with Crippen LogP contribution >= 0.6 is 8.69 Å². The largest absolute Gasteiger partial charge is 0.463 e. The van der Waals surface area contributed by atoms with E-state index in [2.05, 4.69) is 9.26 Å². The summed E-state index contributed by atoms with van der Waals surface area (Å²) >= 11 is 0. The standard InChI is InChI=1S/C4H7O4P/c1-4(5)7-2-3-8-9-6/h2-3H2,1H3. The van der Waals surface area contributed by atoms with Crippen molar-refractivity contribution in [2.24, 2.45) is 0 Å². The van der Waals surface area contributed by atoms with Gasteiger partial charge in [-0.05, 0) is 0 Å². The number of ether oxygens (including phenoxy) is 1. The Morgan fingerprint density at radius 1 is 1.56 bits per heavy atom. The molecule has 52 valence electrons. The molecule has 4 nitrogen and oxygen atoms in total. The molecule has 0 aliphatic rings. The van der Waals surface area contributed by atoms with Crippen molar-refractivity contribution in [3.63, 3.8) is 0 Å². The van der Waals surface area contributed by atoms with E-state index in [9.17, 15) is 9.36 Å². The summed E-state index contributed by atoms with van der Waals surface area (Å²) in [6.07, 6.45) is 0. The highest BCUT2D eigenvalue weighted by molar-refractivity contribution is 7.17. The lowest BCUT2D eigenvalue weighted by atomic mass is 10.7. The summed E-state index contributed by atoms with van der Waals surface area (Å²) in [6, 6.07) is 0. The molecule has 0 aliphatic heterocycles. The average molecular weight is 150 g/mol. The summed E-state index contributed by atoms with van der Waals surface area (Å²) in [5.41, 5.74) is 0. The van der Waals surface area contributed by atoms with Gasteiger partial charge in [0.25, 0.3) is 0 Å². The summed E-state index contributed by atoms with van der Waals surface area (Å²) < 4.78 is 18.3. The number of carbonyl (C=O) groups is 1. The van der Waals surface area contributed by atoms with E-state index in [1.54, 1.807) is 0 Å². The molecule has 0 aliphatic carbocycles. The van der Waals surface area contributed by atoms with Gasteiger partial charge in [-0.3, -0.25) is 9.32 Å². The summed E-state index contributed by atoms with van der Waals surface area (Å²) in [5.74, 6) is -0.360. The van der Waals surface area contributed by atoms with Gasteiger partial charge >= 0.3 is 14.7 Å². The lowest BCUT2D eigenvalue weighted by Crippen LogP contribution is -2.03. The third kappa shape index (κ3) is 7.53. The maximum atomic E-state index is 10.0. The van der Waals surface area contributed by atoms with Gasteiger partial charge in [0.1, 0.15) is 6.61 Å². The first-order valence-corrected chi connectivity index (χ1v) is 3.08. The first-order chi connectivity index (χ1) is 4.27. The number of esters is 1. The molecule has 5 heteroatoms. The van der Waals surface area contributed by atoms with Crippen LogP contribution < -0.4 is 0 Å². The smallest absolute Gasteiger partial charge is 0.327 e. The molecule has 0 rings (SSSR count). The zero-order valence-electron chi connectivity index (χ0n) is 4.99. The maximum Gasteiger partial charge on any atom is 0.327 e. The van der Waals surface area contributed by atoms with Crippen LogP contribution in [0.2, 0.25) is 0 Å². The van der Waals surface area contributed by atoms with E-state index in [1.165, 1.54) is 6.92 Å². The molecule has 0 bridgehead atoms. The van der Waals surface area contributed by atoms with E-state index in [-0.39, 0.29) is 27.9 Å². The fraction of sp³-hybridized carbons (Fsp3) is 0.750. The summed E-state index contributed by atoms with van der Waals surface area (Å²) in [5, 5.41) is 0. The fourth-order valence-corrected chi connectivity index (χ4v) is 0.409. The van der Waals surface area contributed by atoms with Gasteiger partial charge in [-0.25, -0.2) is 4.57 Å². The van der Waals surface area contributed by atoms with E-state index in [0.29, 0.717) is 0 Å². The predicted octanol–water partition coefficient (Wildman–Crippen LogP) is 0.773. The molecule has 0 spiro atoms. The van der Waals surface area contributed by atoms with Crippen molar-refractivity contribution in [1.82, 2.24) is 0 Å². The Balaban J connectivity index is 2.91. The molecule has 0 aromatic carbocycles. The Kier molecular flexibility index (Phi) is 5.37. The van der Waals surface area contributed by atoms with Crippen LogP contribution in [0, 0.1) is 0 Å². The molecule has 0 radical (unpaired) electrons. The SMILES string of the molecule is CC(=O)OCCOP=O. The molecule has 0 aromatic heterocycles. The van der Waals surface area contributed by atoms with Gasteiger partial charge in [0.2, 0.25) is 0 Å². The Labute approximate surface area is 54.4 Å². The van der Waals surface area contributed by atoms with Crippen LogP contribution in [0.3, 0.4) is 0 Å². The number of hydrogen-bond acceptors (Lipinski definition) is 4. The second-order valence-electron chi connectivity index (χ2n) is 1.25. The lowest BCUT2D eigenvalue weighted by Gasteiger charge is -1.96. The number of carbonyl (C=O) groups excluding carboxylic acids is 1. The van der Waals surface area contributed by atoms with E-state index >= 15 is 0 Å². The molecule has 0 saturated heterocycles. The van der Waals surface area contributed by atoms with Crippen molar-refractivity contribution in [3.05, 3.63) is 0 Å². The molecule has 9 heavy (non-hydrogen) atoms. The summed E-state index contributed by atoms with van der Waals surface area (Å²) in [6.45, 7) is 1.63. The van der Waals surface area contributed by atoms with Crippen LogP contribution in [-0.2, 0) is 18.6 Å². The summed E-state index contributed by atoms with van der Waals surface area (Å²) in [4.78, 5) is 10.0. The van der Waals surface area contributed by atoms with E-state index in [0.717, 1.165) is 0 Å². The van der Waals surface area contributed by atoms with Gasteiger partial charge in [0, 0.05) is 6.92 Å². The Morgan fingerprint density at radius 2 is 2.22 bits per heavy atom. The van der Waals surface area contributed by atoms with Crippen LogP contribution in [0.5, 0.6) is 0 Å². The highest BCUT2D eigenvalue weighted by Gasteiger charge is 1.90. The molecule has 0 aromatic rings. The molecule has 0 saturated carbocycles. The predicted molar refractivity (Wildman–Crippen MR) is 30.2 cm³/mol. The molecule has 0 fully saturated rings. The average Bonchev–Trinajstić information content (AvgIpc) is 1.80. The quantitative estimate of drug-likeness (QED) is 0.337. The lowest BCUT2D eigenvalue weighted by molar-refractivity contribution is -0.141. The minimum absolute atomic E-state index is 0.157. The van der Waals surface area contributed by atoms with Crippen molar-refractivity contribution >= 4 is 14.7 Å². The van der Waals surface area contributed by atoms with Crippen LogP contribution in [-0.4, -0.2) is 19.2 Å². The molecule has 0 N–H and O–H groups in total. The molecule has 0 atom stereocenters. The number of hydrogen-bond donors (Lipinski definition) is 0. The van der Waals surface area contributed by atoms with Gasteiger partial charge in [-0.15, -0.1) is 0 Å². The van der Waals surface area contributed by atoms with Crippen molar-refractivity contribution in [2.45, 2.75) is 6.92 Å². The summed E-state index contributed by atoms with van der Waals surface area (Å²) in [7, 11) is -0.384. The van der Waals surface area contributed by atoms with Crippen LogP contribution in [0.1, 0.15) is 6.92 Å². The molecular weight excluding hydrogens is 143 g/mol. The third-order valence-electron chi connectivity index (χ3n) is 0.533. The number of rotatable bonds is 4. The minimum Gasteiger partial charge on any atom is -0.463 e. The van der Waals surface area contributed by atoms with Crippen molar-refractivity contribution in [2.75, 3.05) is 13.2 Å². The monoisotopic (exact) mass is 150 g/mol. The van der Waals surface area contributed by atoms with Gasteiger partial charge in [0.05, 0.1) is 6.61 Å². The van der Waals surface area contributed by atoms with Gasteiger partial charge in [-0.2, -0.15) is 0 Å². The van der Waals surface area contributed by atoms with Crippen molar-refractivity contribution in [3.8, 4) is 0 Å². The zero-order chi connectivity index (χ0) is 7.11. The fourth-order valence-electron chi connectivity index (χ4n) is 0.260. The highest BCUT2D eigenvalue weighted by atomic mass is 31.1. The Hall–Kier alpha value is -0.470. The van der Waals surface area contributed by atoms with Crippen molar-refractivity contribution < 1.29 is 18.6 Å². The second-order valence-corrected chi connectivity index (χ2v) is 1.66. The minimum atomic E-state index is -0.384. The molecule has 0 unspecified atom stereocenters. The van der Waals surface area contributed by atoms with Gasteiger partial charge < -0.3 is 4.74 Å². The van der Waals surface area contributed by atoms with Gasteiger partial charge in [0.15, 0.2) is 0 Å². The molecule has 0 heterocycles. The second kappa shape index (κ2) is 5.66. The maximum absolute atomic E-state index is 10.0. The zero-order valence-corrected chi connectivity index (χ0v) is 5.89. The Morgan fingerprint density at radius 3 is 2.67 bits per heavy atom. The third-order valence-corrected chi connectivity index (χ3v) is 0.821. The topological polar surface area (TPSA) is 52.6 Å². The molecule has 0 amide bonds. The Bertz CT molecular complexity index is 103. The molecular formula is C4H7O4P. The normalized spacial score (nSPS) is 9.44. The van der Waals surface area contributed by atoms with E-state index < -0.39 is 0 Å². The first-order valence-electron chi connectivity index (χ1n) is 2.35. The van der Waals surface area contributed by atoms with Crippen molar-refractivity contribution in [1.29, 1.82) is 0 Å². The van der Waals surface area contributed by atoms with E-state index in [1.807, 2.05) is 0 Å². The van der Waals surface area contributed by atoms with Crippen LogP contribution in [0.15, 0.2) is 0 Å². The van der Waals surface area contributed by atoms with Crippen LogP contribution in [0.25, 0.3) is 0 Å². The van der Waals surface area contributed by atoms with Crippen LogP contribution in [0.4, 0.5) is 0 Å². The first kappa shape index (κ1) is 8.53. The van der Waals surface area contributed by atoms with E-state index in [4.69, 9.17) is 0 Å².